The van der Waals surface area contributed by atoms with E-state index in [1.165, 1.54) is 0 Å². The zero-order valence-electron chi connectivity index (χ0n) is 12.3. The number of nitrogens with two attached hydrogens (primary N) is 1. The predicted molar refractivity (Wildman–Crippen MR) is 89.0 cm³/mol. The van der Waals surface area contributed by atoms with Crippen LogP contribution in [0.25, 0.3) is 0 Å². The SMILES string of the molecule is NCc1cc(C(=O)N2CCN(c3ccc(Cl)cc3Cl)CC2)no1. The lowest BCUT2D eigenvalue weighted by molar-refractivity contribution is 0.0736. The molecule has 0 saturated carbocycles. The molecule has 0 spiro atoms. The second-order valence-corrected chi connectivity index (χ2v) is 6.10. The third-order valence-corrected chi connectivity index (χ3v) is 4.33. The largest absolute Gasteiger partial charge is 0.367 e. The van der Waals surface area contributed by atoms with E-state index in [-0.39, 0.29) is 12.5 Å². The highest BCUT2D eigenvalue weighted by Gasteiger charge is 2.25. The number of halogens is 2. The lowest BCUT2D eigenvalue weighted by Gasteiger charge is -2.36. The molecule has 2 heterocycles. The minimum absolute atomic E-state index is 0.143. The van der Waals surface area contributed by atoms with Crippen molar-refractivity contribution in [2.24, 2.45) is 5.73 Å². The number of rotatable bonds is 3. The van der Waals surface area contributed by atoms with Gasteiger partial charge in [0.05, 0.1) is 17.3 Å². The molecule has 1 aliphatic heterocycles. The third-order valence-electron chi connectivity index (χ3n) is 3.80. The summed E-state index contributed by atoms with van der Waals surface area (Å²) in [5, 5.41) is 4.99. The molecule has 122 valence electrons. The second kappa shape index (κ2) is 6.78. The molecule has 0 aliphatic carbocycles. The van der Waals surface area contributed by atoms with E-state index in [1.807, 2.05) is 12.1 Å². The minimum Gasteiger partial charge on any atom is -0.367 e. The van der Waals surface area contributed by atoms with Gasteiger partial charge in [-0.3, -0.25) is 4.79 Å². The Hall–Kier alpha value is -1.76. The molecule has 1 fully saturated rings. The standard InChI is InChI=1S/C15H16Cl2N4O2/c16-10-1-2-14(12(17)7-10)20-3-5-21(6-4-20)15(22)13-8-11(9-18)23-19-13/h1-2,7-8H,3-6,9,18H2. The van der Waals surface area contributed by atoms with Crippen molar-refractivity contribution in [2.75, 3.05) is 31.1 Å². The van der Waals surface area contributed by atoms with E-state index in [0.717, 1.165) is 5.69 Å². The van der Waals surface area contributed by atoms with Gasteiger partial charge in [-0.05, 0) is 18.2 Å². The van der Waals surface area contributed by atoms with Crippen LogP contribution < -0.4 is 10.6 Å². The van der Waals surface area contributed by atoms with E-state index in [9.17, 15) is 4.79 Å². The molecule has 1 amide bonds. The quantitative estimate of drug-likeness (QED) is 0.915. The van der Waals surface area contributed by atoms with Gasteiger partial charge in [-0.1, -0.05) is 28.4 Å². The number of hydrogen-bond donors (Lipinski definition) is 1. The Bertz CT molecular complexity index is 711. The zero-order valence-corrected chi connectivity index (χ0v) is 13.8. The van der Waals surface area contributed by atoms with Crippen LogP contribution in [0.1, 0.15) is 16.2 Å². The van der Waals surface area contributed by atoms with Crippen LogP contribution in [-0.2, 0) is 6.54 Å². The summed E-state index contributed by atoms with van der Waals surface area (Å²) in [5.41, 5.74) is 6.68. The lowest BCUT2D eigenvalue weighted by Crippen LogP contribution is -2.49. The van der Waals surface area contributed by atoms with Crippen molar-refractivity contribution in [3.63, 3.8) is 0 Å². The average molecular weight is 355 g/mol. The van der Waals surface area contributed by atoms with Gasteiger partial charge < -0.3 is 20.1 Å². The van der Waals surface area contributed by atoms with Crippen LogP contribution >= 0.6 is 23.2 Å². The van der Waals surface area contributed by atoms with Gasteiger partial charge in [-0.2, -0.15) is 0 Å². The Morgan fingerprint density at radius 1 is 1.22 bits per heavy atom. The summed E-state index contributed by atoms with van der Waals surface area (Å²) in [5.74, 6) is 0.357. The normalized spacial score (nSPS) is 15.1. The van der Waals surface area contributed by atoms with Gasteiger partial charge in [0.1, 0.15) is 0 Å². The van der Waals surface area contributed by atoms with Gasteiger partial charge in [0.15, 0.2) is 11.5 Å². The Morgan fingerprint density at radius 2 is 1.96 bits per heavy atom. The van der Waals surface area contributed by atoms with E-state index in [4.69, 9.17) is 33.5 Å². The highest BCUT2D eigenvalue weighted by atomic mass is 35.5. The molecule has 6 nitrogen and oxygen atoms in total. The van der Waals surface area contributed by atoms with E-state index in [2.05, 4.69) is 10.1 Å². The number of piperazine rings is 1. The van der Waals surface area contributed by atoms with Crippen LogP contribution in [-0.4, -0.2) is 42.1 Å². The first-order chi connectivity index (χ1) is 11.1. The van der Waals surface area contributed by atoms with Crippen molar-refractivity contribution >= 4 is 34.8 Å². The minimum atomic E-state index is -0.143. The highest BCUT2D eigenvalue weighted by Crippen LogP contribution is 2.29. The number of carbonyl (C=O) groups is 1. The molecule has 23 heavy (non-hydrogen) atoms. The Balaban J connectivity index is 1.65. The van der Waals surface area contributed by atoms with Crippen molar-refractivity contribution in [2.45, 2.75) is 6.54 Å². The van der Waals surface area contributed by atoms with Gasteiger partial charge in [0.25, 0.3) is 5.91 Å². The summed E-state index contributed by atoms with van der Waals surface area (Å²) in [6.07, 6.45) is 0. The molecule has 1 aliphatic rings. The first kappa shape index (κ1) is 16.1. The van der Waals surface area contributed by atoms with Crippen LogP contribution in [0.4, 0.5) is 5.69 Å². The van der Waals surface area contributed by atoms with Crippen LogP contribution in [0, 0.1) is 0 Å². The van der Waals surface area contributed by atoms with Crippen molar-refractivity contribution in [3.05, 3.63) is 45.8 Å². The number of hydrogen-bond acceptors (Lipinski definition) is 5. The zero-order chi connectivity index (χ0) is 16.4. The van der Waals surface area contributed by atoms with Gasteiger partial charge >= 0.3 is 0 Å². The van der Waals surface area contributed by atoms with Crippen molar-refractivity contribution < 1.29 is 9.32 Å². The monoisotopic (exact) mass is 354 g/mol. The smallest absolute Gasteiger partial charge is 0.276 e. The first-order valence-corrected chi connectivity index (χ1v) is 7.99. The molecule has 2 aromatic rings. The Labute approximate surface area is 143 Å². The van der Waals surface area contributed by atoms with Gasteiger partial charge in [-0.25, -0.2) is 0 Å². The summed E-state index contributed by atoms with van der Waals surface area (Å²) < 4.78 is 4.98. The summed E-state index contributed by atoms with van der Waals surface area (Å²) in [7, 11) is 0. The molecule has 3 rings (SSSR count). The molecule has 0 radical (unpaired) electrons. The van der Waals surface area contributed by atoms with E-state index >= 15 is 0 Å². The summed E-state index contributed by atoms with van der Waals surface area (Å²) >= 11 is 12.2. The number of carbonyl (C=O) groups excluding carboxylic acids is 1. The summed E-state index contributed by atoms with van der Waals surface area (Å²) in [6, 6.07) is 7.02. The molecule has 0 bridgehead atoms. The van der Waals surface area contributed by atoms with E-state index < -0.39 is 0 Å². The number of amides is 1. The van der Waals surface area contributed by atoms with Gasteiger partial charge in [0.2, 0.25) is 0 Å². The summed E-state index contributed by atoms with van der Waals surface area (Å²) in [6.45, 7) is 2.78. The van der Waals surface area contributed by atoms with Crippen LogP contribution in [0.15, 0.2) is 28.8 Å². The van der Waals surface area contributed by atoms with Crippen LogP contribution in [0.5, 0.6) is 0 Å². The summed E-state index contributed by atoms with van der Waals surface area (Å²) in [4.78, 5) is 16.3. The molecule has 0 unspecified atom stereocenters. The fourth-order valence-corrected chi connectivity index (χ4v) is 3.09. The average Bonchev–Trinajstić information content (AvgIpc) is 3.03. The first-order valence-electron chi connectivity index (χ1n) is 7.23. The maximum absolute atomic E-state index is 12.4. The predicted octanol–water partition coefficient (Wildman–Crippen LogP) is 2.40. The molecule has 8 heteroatoms. The maximum atomic E-state index is 12.4. The molecule has 1 aromatic carbocycles. The topological polar surface area (TPSA) is 75.6 Å². The Morgan fingerprint density at radius 3 is 2.57 bits per heavy atom. The van der Waals surface area contributed by atoms with Crippen molar-refractivity contribution in [1.82, 2.24) is 10.1 Å². The van der Waals surface area contributed by atoms with Crippen molar-refractivity contribution in [1.29, 1.82) is 0 Å². The highest BCUT2D eigenvalue weighted by molar-refractivity contribution is 6.36. The molecular weight excluding hydrogens is 339 g/mol. The molecule has 0 atom stereocenters. The van der Waals surface area contributed by atoms with Crippen LogP contribution in [0.3, 0.4) is 0 Å². The fourth-order valence-electron chi connectivity index (χ4n) is 2.56. The number of nitrogens with zero attached hydrogens (tertiary/aromatic N) is 3. The van der Waals surface area contributed by atoms with Crippen molar-refractivity contribution in [3.8, 4) is 0 Å². The van der Waals surface area contributed by atoms with E-state index in [0.29, 0.717) is 47.7 Å². The molecule has 1 aromatic heterocycles. The van der Waals surface area contributed by atoms with E-state index in [1.54, 1.807) is 17.0 Å². The number of benzene rings is 1. The molecule has 1 saturated heterocycles. The van der Waals surface area contributed by atoms with Crippen LogP contribution in [0.2, 0.25) is 10.0 Å². The number of anilines is 1. The maximum Gasteiger partial charge on any atom is 0.276 e. The third kappa shape index (κ3) is 3.44. The lowest BCUT2D eigenvalue weighted by atomic mass is 10.2. The van der Waals surface area contributed by atoms with Gasteiger partial charge in [-0.15, -0.1) is 0 Å². The molecular formula is C15H16Cl2N4O2. The van der Waals surface area contributed by atoms with Gasteiger partial charge in [0, 0.05) is 37.3 Å². The fraction of sp³-hybridized carbons (Fsp3) is 0.333. The second-order valence-electron chi connectivity index (χ2n) is 5.26. The number of aromatic nitrogens is 1. The Kier molecular flexibility index (Phi) is 4.75. The molecule has 2 N–H and O–H groups in total.